The fraction of sp³-hybridized carbons (Fsp3) is 0.300. The van der Waals surface area contributed by atoms with E-state index < -0.39 is 0 Å². The summed E-state index contributed by atoms with van der Waals surface area (Å²) >= 11 is 0. The van der Waals surface area contributed by atoms with Crippen LogP contribution >= 0.6 is 0 Å². The fourth-order valence-electron chi connectivity index (χ4n) is 0. The van der Waals surface area contributed by atoms with E-state index >= 15 is 0 Å². The van der Waals surface area contributed by atoms with Gasteiger partial charge in [-0.3, -0.25) is 0 Å². The van der Waals surface area contributed by atoms with Crippen LogP contribution in [0.1, 0.15) is 0 Å². The molecule has 0 amide bonds. The molecule has 0 aromatic carbocycles. The summed E-state index contributed by atoms with van der Waals surface area (Å²) in [5, 5.41) is 0. The minimum Gasteiger partial charge on any atom is -0.330 e. The van der Waals surface area contributed by atoms with Crippen LogP contribution in [0.4, 0.5) is 0 Å². The van der Waals surface area contributed by atoms with E-state index in [-0.39, 0.29) is 0 Å². The van der Waals surface area contributed by atoms with Gasteiger partial charge >= 0.3 is 0 Å². The molecule has 0 aliphatic rings. The monoisotopic (exact) mass is 188 g/mol. The summed E-state index contributed by atoms with van der Waals surface area (Å²) in [5.74, 6) is 0. The Morgan fingerprint density at radius 2 is 0.692 bits per heavy atom. The first kappa shape index (κ1) is 29.6. The van der Waals surface area contributed by atoms with Crippen LogP contribution in [0.3, 0.4) is 0 Å². The molecule has 0 saturated carbocycles. The van der Waals surface area contributed by atoms with Crippen LogP contribution < -0.4 is 17.2 Å². The van der Waals surface area contributed by atoms with E-state index in [0.717, 1.165) is 0 Å². The third-order valence-electron chi connectivity index (χ3n) is 0.167. The molecule has 6 N–H and O–H groups in total. The molecular formula is C10H26N3. The van der Waals surface area contributed by atoms with Crippen LogP contribution in [0.25, 0.3) is 0 Å². The molecule has 0 aliphatic heterocycles. The first-order valence-electron chi connectivity index (χ1n) is 3.72. The third-order valence-corrected chi connectivity index (χ3v) is 0.167. The van der Waals surface area contributed by atoms with Crippen molar-refractivity contribution in [3.63, 3.8) is 0 Å². The quantitative estimate of drug-likeness (QED) is 0.539. The van der Waals surface area contributed by atoms with Gasteiger partial charge in [-0.05, 0) is 13.5 Å². The lowest BCUT2D eigenvalue weighted by Gasteiger charge is -1.72. The smallest absolute Gasteiger partial charge is 0.00461 e. The van der Waals surface area contributed by atoms with Crippen molar-refractivity contribution < 1.29 is 0 Å². The highest BCUT2D eigenvalue weighted by atomic mass is 14.6. The van der Waals surface area contributed by atoms with Crippen molar-refractivity contribution in [2.75, 3.05) is 19.6 Å². The second kappa shape index (κ2) is 257. The van der Waals surface area contributed by atoms with E-state index in [2.05, 4.69) is 46.4 Å². The first-order chi connectivity index (χ1) is 6.33. The zero-order valence-corrected chi connectivity index (χ0v) is 8.80. The van der Waals surface area contributed by atoms with Crippen molar-refractivity contribution in [2.24, 2.45) is 17.2 Å². The summed E-state index contributed by atoms with van der Waals surface area (Å²) in [5.41, 5.74) is 14.5. The lowest BCUT2D eigenvalue weighted by molar-refractivity contribution is 0.976. The van der Waals surface area contributed by atoms with Gasteiger partial charge in [0.25, 0.3) is 0 Å². The number of hydrogen-bond donors (Lipinski definition) is 3. The normalized spacial score (nSPS) is 4.62. The number of rotatable bonds is 1. The average Bonchev–Trinajstić information content (AvgIpc) is 2.27. The Labute approximate surface area is 84.0 Å². The molecule has 3 nitrogen and oxygen atoms in total. The second-order valence-corrected chi connectivity index (χ2v) is 0.866. The molecule has 0 rings (SSSR count). The average molecular weight is 188 g/mol. The summed E-state index contributed by atoms with van der Waals surface area (Å²) in [6, 6.07) is 0. The van der Waals surface area contributed by atoms with E-state index in [4.69, 9.17) is 17.2 Å². The molecule has 0 heterocycles. The number of nitrogens with two attached hydrogens (primary N) is 3. The maximum atomic E-state index is 4.90. The van der Waals surface area contributed by atoms with Crippen LogP contribution in [0.2, 0.25) is 0 Å². The Hall–Kier alpha value is -0.900. The van der Waals surface area contributed by atoms with Crippen molar-refractivity contribution in [2.45, 2.75) is 0 Å². The molecule has 3 heteroatoms. The molecule has 0 aromatic heterocycles. The van der Waals surface area contributed by atoms with E-state index in [1.54, 1.807) is 0 Å². The van der Waals surface area contributed by atoms with E-state index in [0.29, 0.717) is 19.6 Å². The second-order valence-electron chi connectivity index (χ2n) is 0.866. The molecular weight excluding hydrogens is 162 g/mol. The van der Waals surface area contributed by atoms with Gasteiger partial charge < -0.3 is 17.2 Å². The van der Waals surface area contributed by atoms with Crippen molar-refractivity contribution in [3.8, 4) is 0 Å². The maximum Gasteiger partial charge on any atom is 0.00461 e. The molecule has 0 aliphatic carbocycles. The van der Waals surface area contributed by atoms with E-state index in [1.165, 1.54) is 0 Å². The van der Waals surface area contributed by atoms with Crippen LogP contribution in [-0.4, -0.2) is 19.6 Å². The summed E-state index contributed by atoms with van der Waals surface area (Å²) in [6.45, 7) is 23.0. The zero-order chi connectivity index (χ0) is 12.1. The predicted molar refractivity (Wildman–Crippen MR) is 66.3 cm³/mol. The molecule has 0 unspecified atom stereocenters. The predicted octanol–water partition coefficient (Wildman–Crippen LogP) is 1.09. The third kappa shape index (κ3) is 91900. The Morgan fingerprint density at radius 3 is 0.692 bits per heavy atom. The Morgan fingerprint density at radius 1 is 0.615 bits per heavy atom. The lowest BCUT2D eigenvalue weighted by atomic mass is 10.7. The maximum absolute atomic E-state index is 4.90. The van der Waals surface area contributed by atoms with Gasteiger partial charge in [0, 0.05) is 13.1 Å². The standard InChI is InChI=1S/C2H8N2.C2H6N.3C2H4/c3-1-2-4;1-2-3;3*1-2/h1-4H2;1-3H2;3*1-2H2. The van der Waals surface area contributed by atoms with Crippen LogP contribution in [0.5, 0.6) is 0 Å². The minimum absolute atomic E-state index is 0.500. The SMILES string of the molecule is C=C.C=C.C=C.NCCN.[CH2]CN. The lowest BCUT2D eigenvalue weighted by Crippen LogP contribution is -2.11. The molecule has 81 valence electrons. The Kier molecular flexibility index (Phi) is 584. The van der Waals surface area contributed by atoms with E-state index in [9.17, 15) is 0 Å². The van der Waals surface area contributed by atoms with Crippen molar-refractivity contribution in [1.29, 1.82) is 0 Å². The first-order valence-corrected chi connectivity index (χ1v) is 3.72. The molecule has 0 atom stereocenters. The van der Waals surface area contributed by atoms with Gasteiger partial charge in [-0.1, -0.05) is 0 Å². The topological polar surface area (TPSA) is 78.1 Å². The highest BCUT2D eigenvalue weighted by molar-refractivity contribution is 4.26. The Bertz CT molecular complexity index is 34.4. The molecule has 0 spiro atoms. The minimum atomic E-state index is 0.500. The fourth-order valence-corrected chi connectivity index (χ4v) is 0. The van der Waals surface area contributed by atoms with Crippen molar-refractivity contribution >= 4 is 0 Å². The van der Waals surface area contributed by atoms with Crippen LogP contribution in [0.15, 0.2) is 39.5 Å². The largest absolute Gasteiger partial charge is 0.330 e. The summed E-state index contributed by atoms with van der Waals surface area (Å²) < 4.78 is 0. The van der Waals surface area contributed by atoms with Gasteiger partial charge in [0.15, 0.2) is 0 Å². The molecule has 0 saturated heterocycles. The highest BCUT2D eigenvalue weighted by Gasteiger charge is 1.54. The van der Waals surface area contributed by atoms with Gasteiger partial charge in [0.2, 0.25) is 0 Å². The summed E-state index contributed by atoms with van der Waals surface area (Å²) in [4.78, 5) is 0. The molecule has 1 radical (unpaired) electrons. The zero-order valence-electron chi connectivity index (χ0n) is 8.80. The van der Waals surface area contributed by atoms with Gasteiger partial charge in [0.1, 0.15) is 0 Å². The van der Waals surface area contributed by atoms with Gasteiger partial charge in [-0.15, -0.1) is 39.5 Å². The highest BCUT2D eigenvalue weighted by Crippen LogP contribution is 1.24. The van der Waals surface area contributed by atoms with Gasteiger partial charge in [-0.25, -0.2) is 0 Å². The Balaban J connectivity index is -0.0000000215. The molecule has 0 aromatic rings. The van der Waals surface area contributed by atoms with Crippen molar-refractivity contribution in [3.05, 3.63) is 46.4 Å². The van der Waals surface area contributed by atoms with Gasteiger partial charge in [-0.2, -0.15) is 0 Å². The molecule has 13 heavy (non-hydrogen) atoms. The molecule has 0 fully saturated rings. The summed E-state index contributed by atoms with van der Waals surface area (Å²) in [7, 11) is 0. The van der Waals surface area contributed by atoms with E-state index in [1.807, 2.05) is 0 Å². The number of hydrogen-bond acceptors (Lipinski definition) is 3. The van der Waals surface area contributed by atoms with Crippen LogP contribution in [-0.2, 0) is 0 Å². The molecule has 0 bridgehead atoms. The summed E-state index contributed by atoms with van der Waals surface area (Å²) in [6.07, 6.45) is 0. The van der Waals surface area contributed by atoms with Crippen molar-refractivity contribution in [1.82, 2.24) is 0 Å². The van der Waals surface area contributed by atoms with Crippen LogP contribution in [0, 0.1) is 6.92 Å². The van der Waals surface area contributed by atoms with Gasteiger partial charge in [0.05, 0.1) is 0 Å².